The molecule has 0 radical (unpaired) electrons. The molecule has 0 aromatic carbocycles. The van der Waals surface area contributed by atoms with Crippen molar-refractivity contribution in [2.24, 2.45) is 23.2 Å². The van der Waals surface area contributed by atoms with Crippen LogP contribution in [0, 0.1) is 23.2 Å². The maximum absolute atomic E-state index is 11.4. The largest absolute Gasteiger partial charge is 0.385 e. The molecule has 2 heteroatoms. The summed E-state index contributed by atoms with van der Waals surface area (Å²) >= 11 is 0. The van der Waals surface area contributed by atoms with Crippen LogP contribution in [-0.2, 0) is 4.79 Å². The lowest BCUT2D eigenvalue weighted by molar-refractivity contribution is -0.130. The molecular formula is C10H16O2. The standard InChI is InChI=1S/C10H16O2/c1-5(2)10-4-7(10)6(3)8(11)9(10)12/h5-7,9,12H,4H2,1-3H3/t6-,7-,9+,10+/m1/s1. The number of aliphatic hydroxyl groups is 1. The fourth-order valence-electron chi connectivity index (χ4n) is 2.97. The van der Waals surface area contributed by atoms with Crippen LogP contribution >= 0.6 is 0 Å². The normalized spacial score (nSPS) is 51.4. The van der Waals surface area contributed by atoms with E-state index < -0.39 is 6.10 Å². The van der Waals surface area contributed by atoms with E-state index in [4.69, 9.17) is 0 Å². The summed E-state index contributed by atoms with van der Waals surface area (Å²) in [6.45, 7) is 6.16. The van der Waals surface area contributed by atoms with Crippen molar-refractivity contribution < 1.29 is 9.90 Å². The molecule has 1 N–H and O–H groups in total. The van der Waals surface area contributed by atoms with Gasteiger partial charge in [-0.05, 0) is 18.3 Å². The molecule has 2 rings (SSSR count). The van der Waals surface area contributed by atoms with Crippen LogP contribution in [-0.4, -0.2) is 17.0 Å². The minimum Gasteiger partial charge on any atom is -0.385 e. The molecule has 2 aliphatic rings. The van der Waals surface area contributed by atoms with Crippen LogP contribution in [0.3, 0.4) is 0 Å². The highest BCUT2D eigenvalue weighted by Crippen LogP contribution is 2.68. The minimum atomic E-state index is -0.669. The molecule has 2 fully saturated rings. The third kappa shape index (κ3) is 0.674. The summed E-state index contributed by atoms with van der Waals surface area (Å²) in [7, 11) is 0. The van der Waals surface area contributed by atoms with Crippen molar-refractivity contribution in [1.82, 2.24) is 0 Å². The molecule has 0 bridgehead atoms. The van der Waals surface area contributed by atoms with Gasteiger partial charge in [0.1, 0.15) is 6.10 Å². The Labute approximate surface area is 73.0 Å². The molecule has 2 aliphatic carbocycles. The molecule has 4 atom stereocenters. The molecule has 0 unspecified atom stereocenters. The van der Waals surface area contributed by atoms with Crippen molar-refractivity contribution in [3.8, 4) is 0 Å². The van der Waals surface area contributed by atoms with Crippen LogP contribution in [0.2, 0.25) is 0 Å². The van der Waals surface area contributed by atoms with Crippen LogP contribution in [0.5, 0.6) is 0 Å². The van der Waals surface area contributed by atoms with E-state index in [0.717, 1.165) is 6.42 Å². The van der Waals surface area contributed by atoms with E-state index in [0.29, 0.717) is 11.8 Å². The number of Topliss-reactive ketones (excluding diaryl/α,β-unsaturated/α-hetero) is 1. The number of hydrogen-bond donors (Lipinski definition) is 1. The minimum absolute atomic E-state index is 0.0312. The highest BCUT2D eigenvalue weighted by atomic mass is 16.3. The second kappa shape index (κ2) is 2.11. The van der Waals surface area contributed by atoms with Gasteiger partial charge in [0, 0.05) is 11.3 Å². The maximum atomic E-state index is 11.4. The Kier molecular flexibility index (Phi) is 1.45. The third-order valence-corrected chi connectivity index (χ3v) is 4.01. The second-order valence-corrected chi connectivity index (χ2v) is 4.67. The average Bonchev–Trinajstić information content (AvgIpc) is 2.71. The number of fused-ring (bicyclic) bond motifs is 1. The molecule has 0 spiro atoms. The molecular weight excluding hydrogens is 152 g/mol. The van der Waals surface area contributed by atoms with E-state index in [-0.39, 0.29) is 17.1 Å². The smallest absolute Gasteiger partial charge is 0.164 e. The van der Waals surface area contributed by atoms with Crippen molar-refractivity contribution in [1.29, 1.82) is 0 Å². The monoisotopic (exact) mass is 168 g/mol. The maximum Gasteiger partial charge on any atom is 0.164 e. The lowest BCUT2D eigenvalue weighted by Crippen LogP contribution is -2.31. The van der Waals surface area contributed by atoms with Crippen LogP contribution in [0.15, 0.2) is 0 Å². The Morgan fingerprint density at radius 2 is 2.17 bits per heavy atom. The first-order valence-electron chi connectivity index (χ1n) is 4.73. The van der Waals surface area contributed by atoms with Crippen molar-refractivity contribution in [3.63, 3.8) is 0 Å². The third-order valence-electron chi connectivity index (χ3n) is 4.01. The van der Waals surface area contributed by atoms with E-state index in [1.54, 1.807) is 0 Å². The van der Waals surface area contributed by atoms with Gasteiger partial charge in [-0.15, -0.1) is 0 Å². The van der Waals surface area contributed by atoms with Gasteiger partial charge in [0.05, 0.1) is 0 Å². The van der Waals surface area contributed by atoms with Crippen LogP contribution in [0.1, 0.15) is 27.2 Å². The van der Waals surface area contributed by atoms with E-state index in [2.05, 4.69) is 13.8 Å². The van der Waals surface area contributed by atoms with Gasteiger partial charge in [-0.2, -0.15) is 0 Å². The number of carbonyl (C=O) groups is 1. The van der Waals surface area contributed by atoms with E-state index in [1.165, 1.54) is 0 Å². The average molecular weight is 168 g/mol. The molecule has 0 aromatic rings. The number of ketones is 1. The number of hydrogen-bond acceptors (Lipinski definition) is 2. The zero-order chi connectivity index (χ0) is 9.09. The van der Waals surface area contributed by atoms with E-state index >= 15 is 0 Å². The Morgan fingerprint density at radius 3 is 2.42 bits per heavy atom. The predicted octanol–water partition coefficient (Wildman–Crippen LogP) is 1.23. The van der Waals surface area contributed by atoms with Crippen LogP contribution in [0.25, 0.3) is 0 Å². The van der Waals surface area contributed by atoms with Gasteiger partial charge in [-0.1, -0.05) is 20.8 Å². The first-order valence-corrected chi connectivity index (χ1v) is 4.73. The topological polar surface area (TPSA) is 37.3 Å². The summed E-state index contributed by atoms with van der Waals surface area (Å²) in [5, 5.41) is 9.75. The highest BCUT2D eigenvalue weighted by molar-refractivity contribution is 5.90. The fourth-order valence-corrected chi connectivity index (χ4v) is 2.97. The van der Waals surface area contributed by atoms with Gasteiger partial charge in [0.15, 0.2) is 5.78 Å². The van der Waals surface area contributed by atoms with E-state index in [9.17, 15) is 9.90 Å². The van der Waals surface area contributed by atoms with Crippen molar-refractivity contribution in [2.75, 3.05) is 0 Å². The van der Waals surface area contributed by atoms with Crippen LogP contribution < -0.4 is 0 Å². The molecule has 12 heavy (non-hydrogen) atoms. The lowest BCUT2D eigenvalue weighted by Gasteiger charge is -2.20. The Balaban J connectivity index is 2.30. The summed E-state index contributed by atoms with van der Waals surface area (Å²) in [5.41, 5.74) is -0.0312. The van der Waals surface area contributed by atoms with Gasteiger partial charge in [0.25, 0.3) is 0 Å². The molecule has 68 valence electrons. The van der Waals surface area contributed by atoms with Crippen LogP contribution in [0.4, 0.5) is 0 Å². The molecule has 0 amide bonds. The van der Waals surface area contributed by atoms with Gasteiger partial charge in [-0.3, -0.25) is 4.79 Å². The Hall–Kier alpha value is -0.370. The summed E-state index contributed by atoms with van der Waals surface area (Å²) in [5.74, 6) is 1.08. The fraction of sp³-hybridized carbons (Fsp3) is 0.900. The molecule has 0 saturated heterocycles. The SMILES string of the molecule is CC(C)[C@@]12C[C@@H]1[C@@H](C)C(=O)[C@@H]2O. The molecule has 0 aromatic heterocycles. The summed E-state index contributed by atoms with van der Waals surface area (Å²) in [4.78, 5) is 11.4. The Morgan fingerprint density at radius 1 is 1.58 bits per heavy atom. The lowest BCUT2D eigenvalue weighted by atomic mass is 9.87. The molecule has 2 saturated carbocycles. The van der Waals surface area contributed by atoms with Gasteiger partial charge >= 0.3 is 0 Å². The summed E-state index contributed by atoms with van der Waals surface area (Å²) in [6.07, 6.45) is 0.385. The van der Waals surface area contributed by atoms with Crippen molar-refractivity contribution >= 4 is 5.78 Å². The van der Waals surface area contributed by atoms with Gasteiger partial charge in [-0.25, -0.2) is 0 Å². The summed E-state index contributed by atoms with van der Waals surface area (Å²) < 4.78 is 0. The van der Waals surface area contributed by atoms with Crippen molar-refractivity contribution in [2.45, 2.75) is 33.3 Å². The second-order valence-electron chi connectivity index (χ2n) is 4.67. The van der Waals surface area contributed by atoms with Gasteiger partial charge in [0.2, 0.25) is 0 Å². The molecule has 0 aliphatic heterocycles. The Bertz CT molecular complexity index is 234. The molecule has 0 heterocycles. The number of carbonyl (C=O) groups excluding carboxylic acids is 1. The molecule has 2 nitrogen and oxygen atoms in total. The number of aliphatic hydroxyl groups excluding tert-OH is 1. The zero-order valence-electron chi connectivity index (χ0n) is 7.87. The summed E-state index contributed by atoms with van der Waals surface area (Å²) in [6, 6.07) is 0. The van der Waals surface area contributed by atoms with E-state index in [1.807, 2.05) is 6.92 Å². The zero-order valence-corrected chi connectivity index (χ0v) is 7.87. The predicted molar refractivity (Wildman–Crippen MR) is 45.6 cm³/mol. The van der Waals surface area contributed by atoms with Crippen molar-refractivity contribution in [3.05, 3.63) is 0 Å². The highest BCUT2D eigenvalue weighted by Gasteiger charge is 2.70. The first-order chi connectivity index (χ1) is 5.51. The number of rotatable bonds is 1. The quantitative estimate of drug-likeness (QED) is 0.639. The van der Waals surface area contributed by atoms with Gasteiger partial charge < -0.3 is 5.11 Å². The first kappa shape index (κ1) is 8.24.